The highest BCUT2D eigenvalue weighted by Crippen LogP contribution is 2.27. The first-order chi connectivity index (χ1) is 9.06. The van der Waals surface area contributed by atoms with E-state index < -0.39 is 18.0 Å². The lowest BCUT2D eigenvalue weighted by molar-refractivity contribution is -0.138. The molecule has 1 aliphatic rings. The molecule has 1 aromatic carbocycles. The lowest BCUT2D eigenvalue weighted by Crippen LogP contribution is -2.46. The molecular weight excluding hydrogens is 248 g/mol. The highest BCUT2D eigenvalue weighted by Gasteiger charge is 2.23. The van der Waals surface area contributed by atoms with Crippen molar-refractivity contribution in [3.63, 3.8) is 0 Å². The van der Waals surface area contributed by atoms with Gasteiger partial charge in [0.15, 0.2) is 0 Å². The lowest BCUT2D eigenvalue weighted by Gasteiger charge is -2.14. The number of hydrogen-bond donors (Lipinski definition) is 3. The van der Waals surface area contributed by atoms with Gasteiger partial charge in [0, 0.05) is 6.42 Å². The van der Waals surface area contributed by atoms with Crippen molar-refractivity contribution in [1.29, 1.82) is 0 Å². The number of urea groups is 1. The summed E-state index contributed by atoms with van der Waals surface area (Å²) in [7, 11) is 0. The molecule has 2 atom stereocenters. The number of hydrogen-bond acceptors (Lipinski definition) is 3. The second-order valence-electron chi connectivity index (χ2n) is 4.47. The smallest absolute Gasteiger partial charge is 0.325 e. The normalized spacial score (nSPS) is 18.1. The van der Waals surface area contributed by atoms with E-state index in [0.29, 0.717) is 6.54 Å². The van der Waals surface area contributed by atoms with E-state index in [2.05, 4.69) is 10.6 Å². The number of carboxylic acid groups (broad SMARTS) is 1. The van der Waals surface area contributed by atoms with Crippen LogP contribution in [0.1, 0.15) is 12.5 Å². The van der Waals surface area contributed by atoms with E-state index in [1.807, 2.05) is 24.3 Å². The number of aliphatic carboxylic acids is 1. The zero-order chi connectivity index (χ0) is 13.8. The molecule has 1 heterocycles. The van der Waals surface area contributed by atoms with Crippen LogP contribution < -0.4 is 15.4 Å². The second kappa shape index (κ2) is 5.60. The quantitative estimate of drug-likeness (QED) is 0.749. The Bertz CT molecular complexity index is 464. The van der Waals surface area contributed by atoms with Crippen LogP contribution in [0.25, 0.3) is 0 Å². The minimum Gasteiger partial charge on any atom is -0.488 e. The average molecular weight is 264 g/mol. The first-order valence-electron chi connectivity index (χ1n) is 6.08. The molecule has 0 bridgehead atoms. The summed E-state index contributed by atoms with van der Waals surface area (Å²) < 4.78 is 5.65. The molecule has 2 rings (SSSR count). The van der Waals surface area contributed by atoms with Crippen molar-refractivity contribution in [3.05, 3.63) is 29.8 Å². The molecule has 19 heavy (non-hydrogen) atoms. The fourth-order valence-corrected chi connectivity index (χ4v) is 1.88. The van der Waals surface area contributed by atoms with Crippen LogP contribution in [0.3, 0.4) is 0 Å². The summed E-state index contributed by atoms with van der Waals surface area (Å²) in [6.07, 6.45) is 0.633. The van der Waals surface area contributed by atoms with Crippen LogP contribution in [0.2, 0.25) is 0 Å². The topological polar surface area (TPSA) is 87.7 Å². The number of carboxylic acids is 1. The minimum atomic E-state index is -1.07. The van der Waals surface area contributed by atoms with Crippen LogP contribution in [0.5, 0.6) is 5.75 Å². The first-order valence-corrected chi connectivity index (χ1v) is 6.08. The molecule has 6 nitrogen and oxygen atoms in total. The fraction of sp³-hybridized carbons (Fsp3) is 0.385. The number of rotatable bonds is 4. The van der Waals surface area contributed by atoms with E-state index in [-0.39, 0.29) is 6.10 Å². The van der Waals surface area contributed by atoms with Crippen molar-refractivity contribution in [1.82, 2.24) is 10.6 Å². The number of nitrogens with one attached hydrogen (secondary N) is 2. The third-order valence-electron chi connectivity index (χ3n) is 2.92. The summed E-state index contributed by atoms with van der Waals surface area (Å²) in [5, 5.41) is 13.6. The Morgan fingerprint density at radius 2 is 2.21 bits per heavy atom. The molecule has 0 spiro atoms. The predicted molar refractivity (Wildman–Crippen MR) is 68.2 cm³/mol. The zero-order valence-corrected chi connectivity index (χ0v) is 10.6. The van der Waals surface area contributed by atoms with Gasteiger partial charge in [0.25, 0.3) is 0 Å². The average Bonchev–Trinajstić information content (AvgIpc) is 2.78. The number of carbonyl (C=O) groups is 2. The molecule has 0 fully saturated rings. The Balaban J connectivity index is 1.76. The summed E-state index contributed by atoms with van der Waals surface area (Å²) in [4.78, 5) is 22.0. The van der Waals surface area contributed by atoms with Gasteiger partial charge in [-0.05, 0) is 18.6 Å². The van der Waals surface area contributed by atoms with E-state index >= 15 is 0 Å². The molecule has 0 aromatic heterocycles. The maximum atomic E-state index is 11.4. The van der Waals surface area contributed by atoms with Crippen molar-refractivity contribution < 1.29 is 19.4 Å². The summed E-state index contributed by atoms with van der Waals surface area (Å²) in [6, 6.07) is 6.30. The number of carbonyl (C=O) groups excluding carboxylic acids is 1. The number of ether oxygens (including phenoxy) is 1. The lowest BCUT2D eigenvalue weighted by atomic mass is 10.1. The van der Waals surface area contributed by atoms with Gasteiger partial charge in [0.1, 0.15) is 17.9 Å². The Morgan fingerprint density at radius 3 is 2.89 bits per heavy atom. The SMILES string of the molecule is CC(NC(=O)NCC1Cc2ccccc2O1)C(=O)O. The Morgan fingerprint density at radius 1 is 1.47 bits per heavy atom. The van der Waals surface area contributed by atoms with Gasteiger partial charge in [-0.1, -0.05) is 18.2 Å². The van der Waals surface area contributed by atoms with Crippen LogP contribution in [-0.4, -0.2) is 35.8 Å². The predicted octanol–water partition coefficient (Wildman–Crippen LogP) is 0.762. The molecule has 0 aliphatic carbocycles. The third kappa shape index (κ3) is 3.37. The van der Waals surface area contributed by atoms with Crippen molar-refractivity contribution in [2.45, 2.75) is 25.5 Å². The summed E-state index contributed by atoms with van der Waals surface area (Å²) in [6.45, 7) is 1.75. The maximum Gasteiger partial charge on any atom is 0.325 e. The summed E-state index contributed by atoms with van der Waals surface area (Å²) in [5.41, 5.74) is 1.12. The van der Waals surface area contributed by atoms with Gasteiger partial charge in [-0.15, -0.1) is 0 Å². The van der Waals surface area contributed by atoms with E-state index in [0.717, 1.165) is 17.7 Å². The van der Waals surface area contributed by atoms with Gasteiger partial charge in [-0.2, -0.15) is 0 Å². The molecular formula is C13H16N2O4. The minimum absolute atomic E-state index is 0.108. The van der Waals surface area contributed by atoms with Crippen LogP contribution >= 0.6 is 0 Å². The van der Waals surface area contributed by atoms with Gasteiger partial charge >= 0.3 is 12.0 Å². The Kier molecular flexibility index (Phi) is 3.89. The van der Waals surface area contributed by atoms with Crippen LogP contribution in [0.15, 0.2) is 24.3 Å². The van der Waals surface area contributed by atoms with E-state index in [9.17, 15) is 9.59 Å². The molecule has 0 saturated carbocycles. The molecule has 3 N–H and O–H groups in total. The first kappa shape index (κ1) is 13.2. The number of amides is 2. The van der Waals surface area contributed by atoms with Gasteiger partial charge in [0.2, 0.25) is 0 Å². The fourth-order valence-electron chi connectivity index (χ4n) is 1.88. The van der Waals surface area contributed by atoms with E-state index in [4.69, 9.17) is 9.84 Å². The molecule has 1 aromatic rings. The van der Waals surface area contributed by atoms with E-state index in [1.54, 1.807) is 0 Å². The molecule has 102 valence electrons. The largest absolute Gasteiger partial charge is 0.488 e. The molecule has 0 radical (unpaired) electrons. The zero-order valence-electron chi connectivity index (χ0n) is 10.6. The van der Waals surface area contributed by atoms with Gasteiger partial charge < -0.3 is 20.5 Å². The van der Waals surface area contributed by atoms with Crippen molar-refractivity contribution in [2.24, 2.45) is 0 Å². The van der Waals surface area contributed by atoms with E-state index in [1.165, 1.54) is 6.92 Å². The standard InChI is InChI=1S/C13H16N2O4/c1-8(12(16)17)15-13(18)14-7-10-6-9-4-2-3-5-11(9)19-10/h2-5,8,10H,6-7H2,1H3,(H,16,17)(H2,14,15,18). The molecule has 0 saturated heterocycles. The Hall–Kier alpha value is -2.24. The number of para-hydroxylation sites is 1. The number of fused-ring (bicyclic) bond motifs is 1. The third-order valence-corrected chi connectivity index (χ3v) is 2.92. The molecule has 2 unspecified atom stereocenters. The van der Waals surface area contributed by atoms with Crippen LogP contribution in [-0.2, 0) is 11.2 Å². The summed E-state index contributed by atoms with van der Waals surface area (Å²) in [5.74, 6) is -0.228. The van der Waals surface area contributed by atoms with Crippen molar-refractivity contribution in [2.75, 3.05) is 6.54 Å². The molecule has 2 amide bonds. The maximum absolute atomic E-state index is 11.4. The number of benzene rings is 1. The Labute approximate surface area is 110 Å². The second-order valence-corrected chi connectivity index (χ2v) is 4.47. The highest BCUT2D eigenvalue weighted by atomic mass is 16.5. The van der Waals surface area contributed by atoms with Crippen LogP contribution in [0.4, 0.5) is 4.79 Å². The van der Waals surface area contributed by atoms with Gasteiger partial charge in [-0.3, -0.25) is 4.79 Å². The summed E-state index contributed by atoms with van der Waals surface area (Å²) >= 11 is 0. The molecule has 1 aliphatic heterocycles. The highest BCUT2D eigenvalue weighted by molar-refractivity contribution is 5.82. The van der Waals surface area contributed by atoms with Crippen molar-refractivity contribution >= 4 is 12.0 Å². The van der Waals surface area contributed by atoms with Gasteiger partial charge in [0.05, 0.1) is 6.54 Å². The van der Waals surface area contributed by atoms with Crippen LogP contribution in [0, 0.1) is 0 Å². The monoisotopic (exact) mass is 264 g/mol. The molecule has 6 heteroatoms. The van der Waals surface area contributed by atoms with Crippen molar-refractivity contribution in [3.8, 4) is 5.75 Å². The van der Waals surface area contributed by atoms with Gasteiger partial charge in [-0.25, -0.2) is 4.79 Å².